The fourth-order valence-electron chi connectivity index (χ4n) is 4.64. The van der Waals surface area contributed by atoms with Crippen molar-refractivity contribution in [2.75, 3.05) is 26.2 Å². The molecule has 1 aliphatic heterocycles. The third kappa shape index (κ3) is 9.87. The summed E-state index contributed by atoms with van der Waals surface area (Å²) in [5.41, 5.74) is 0.740. The maximum Gasteiger partial charge on any atom is 0.243 e. The maximum absolute atomic E-state index is 13.4. The van der Waals surface area contributed by atoms with Gasteiger partial charge in [-0.15, -0.1) is 0 Å². The molecule has 2 heterocycles. The molecule has 0 saturated heterocycles. The minimum atomic E-state index is -0.986. The van der Waals surface area contributed by atoms with Crippen molar-refractivity contribution >= 4 is 29.5 Å². The van der Waals surface area contributed by atoms with Gasteiger partial charge in [0.2, 0.25) is 29.5 Å². The topological polar surface area (TPSA) is 188 Å². The molecule has 1 aliphatic rings. The molecule has 2 aromatic rings. The highest BCUT2D eigenvalue weighted by atomic mass is 16.3. The van der Waals surface area contributed by atoms with Crippen molar-refractivity contribution in [2.45, 2.75) is 71.6 Å². The van der Waals surface area contributed by atoms with E-state index < -0.39 is 41.8 Å². The summed E-state index contributed by atoms with van der Waals surface area (Å²) in [4.78, 5) is 70.6. The van der Waals surface area contributed by atoms with Crippen LogP contribution in [0.25, 0.3) is 11.4 Å². The average molecular weight is 599 g/mol. The quantitative estimate of drug-likeness (QED) is 0.315. The molecular weight excluding hydrogens is 556 g/mol. The number of amides is 5. The summed E-state index contributed by atoms with van der Waals surface area (Å²) in [7, 11) is 0. The predicted octanol–water partition coefficient (Wildman–Crippen LogP) is -0.111. The van der Waals surface area contributed by atoms with Gasteiger partial charge in [-0.2, -0.15) is 5.10 Å². The van der Waals surface area contributed by atoms with E-state index in [1.165, 1.54) is 16.5 Å². The van der Waals surface area contributed by atoms with Crippen molar-refractivity contribution in [3.63, 3.8) is 0 Å². The van der Waals surface area contributed by atoms with E-state index in [-0.39, 0.29) is 51.0 Å². The molecule has 234 valence electrons. The number of aliphatic hydroxyl groups is 1. The van der Waals surface area contributed by atoms with E-state index in [1.807, 2.05) is 44.2 Å². The van der Waals surface area contributed by atoms with E-state index in [0.717, 1.165) is 5.56 Å². The van der Waals surface area contributed by atoms with Gasteiger partial charge < -0.3 is 31.3 Å². The fourth-order valence-corrected chi connectivity index (χ4v) is 4.64. The van der Waals surface area contributed by atoms with E-state index >= 15 is 0 Å². The van der Waals surface area contributed by atoms with Crippen molar-refractivity contribution in [1.29, 1.82) is 0 Å². The number of aromatic nitrogens is 3. The zero-order chi connectivity index (χ0) is 31.5. The van der Waals surface area contributed by atoms with Crippen molar-refractivity contribution in [1.82, 2.24) is 40.9 Å². The Hall–Kier alpha value is -4.33. The Morgan fingerprint density at radius 2 is 1.70 bits per heavy atom. The first-order valence-electron chi connectivity index (χ1n) is 14.5. The second-order valence-electron chi connectivity index (χ2n) is 11.0. The van der Waals surface area contributed by atoms with E-state index in [1.54, 1.807) is 6.92 Å². The van der Waals surface area contributed by atoms with Gasteiger partial charge in [0.25, 0.3) is 0 Å². The lowest BCUT2D eigenvalue weighted by molar-refractivity contribution is -0.137. The smallest absolute Gasteiger partial charge is 0.243 e. The molecule has 14 nitrogen and oxygen atoms in total. The Kier molecular flexibility index (Phi) is 12.2. The Labute approximate surface area is 251 Å². The molecule has 1 aromatic carbocycles. The van der Waals surface area contributed by atoms with Gasteiger partial charge >= 0.3 is 0 Å². The van der Waals surface area contributed by atoms with Gasteiger partial charge in [0.05, 0.1) is 19.2 Å². The molecule has 0 radical (unpaired) electrons. The highest BCUT2D eigenvalue weighted by molar-refractivity contribution is 5.93. The third-order valence-corrected chi connectivity index (χ3v) is 6.82. The van der Waals surface area contributed by atoms with Crippen LogP contribution in [-0.2, 0) is 30.5 Å². The Balaban J connectivity index is 1.93. The predicted molar refractivity (Wildman–Crippen MR) is 157 cm³/mol. The summed E-state index contributed by atoms with van der Waals surface area (Å²) < 4.78 is 1.44. The van der Waals surface area contributed by atoms with Crippen LogP contribution in [0.4, 0.5) is 0 Å². The lowest BCUT2D eigenvalue weighted by atomic mass is 10.0. The monoisotopic (exact) mass is 598 g/mol. The molecule has 0 saturated carbocycles. The molecule has 5 amide bonds. The highest BCUT2D eigenvalue weighted by Crippen LogP contribution is 2.19. The molecule has 0 spiro atoms. The summed E-state index contributed by atoms with van der Waals surface area (Å²) in [6.45, 7) is 6.53. The molecule has 14 heteroatoms. The lowest BCUT2D eigenvalue weighted by Gasteiger charge is -2.25. The zero-order valence-electron chi connectivity index (χ0n) is 25.1. The number of hydrogen-bond donors (Lipinski definition) is 5. The lowest BCUT2D eigenvalue weighted by Crippen LogP contribution is -2.54. The van der Waals surface area contributed by atoms with Gasteiger partial charge in [-0.05, 0) is 32.6 Å². The summed E-state index contributed by atoms with van der Waals surface area (Å²) in [6.07, 6.45) is 0.506. The summed E-state index contributed by atoms with van der Waals surface area (Å²) in [5.74, 6) is -1.56. The van der Waals surface area contributed by atoms with Crippen LogP contribution in [0, 0.1) is 5.92 Å². The van der Waals surface area contributed by atoms with Crippen LogP contribution in [0.15, 0.2) is 30.3 Å². The van der Waals surface area contributed by atoms with Crippen molar-refractivity contribution < 1.29 is 29.1 Å². The van der Waals surface area contributed by atoms with Crippen LogP contribution in [0.1, 0.15) is 58.8 Å². The van der Waals surface area contributed by atoms with Gasteiger partial charge in [-0.3, -0.25) is 24.0 Å². The number of benzene rings is 1. The second-order valence-corrected chi connectivity index (χ2v) is 11.0. The Morgan fingerprint density at radius 1 is 0.977 bits per heavy atom. The molecule has 3 atom stereocenters. The van der Waals surface area contributed by atoms with Crippen LogP contribution >= 0.6 is 0 Å². The standard InChI is InChI=1S/C29H42N8O6/c1-18(2)15-22-29(43)32-19(3)27-34-26(21-9-6-5-7-10-21)35-37(27)17-23(39)30-12-8-13-36(25(41)11-14-38)16-24(40)31-20(4)28(42)33-22/h5-7,9-10,18-20,22,38H,8,11-17H2,1-4H3,(H,30,39)(H,31,40)(H,32,43)(H,33,42)/t19-,20+,22+/m0/s1. The first-order chi connectivity index (χ1) is 20.5. The first kappa shape index (κ1) is 33.2. The van der Waals surface area contributed by atoms with Gasteiger partial charge in [-0.25, -0.2) is 9.67 Å². The van der Waals surface area contributed by atoms with E-state index in [4.69, 9.17) is 0 Å². The average Bonchev–Trinajstić information content (AvgIpc) is 3.37. The van der Waals surface area contributed by atoms with Crippen LogP contribution in [0.2, 0.25) is 0 Å². The number of rotatable bonds is 5. The number of nitrogens with zero attached hydrogens (tertiary/aromatic N) is 4. The van der Waals surface area contributed by atoms with Crippen LogP contribution in [0.5, 0.6) is 0 Å². The molecule has 0 bridgehead atoms. The van der Waals surface area contributed by atoms with E-state index in [0.29, 0.717) is 24.5 Å². The van der Waals surface area contributed by atoms with Gasteiger partial charge in [0.15, 0.2) is 5.82 Å². The molecule has 5 N–H and O–H groups in total. The molecular formula is C29H42N8O6. The number of carbonyl (C=O) groups is 5. The SMILES string of the molecule is CC(C)C[C@H]1NC(=O)[C@@H](C)NC(=O)CN(C(=O)CCO)CCCNC(=O)Cn2nc(-c3ccccc3)nc2[C@H](C)NC1=O. The molecule has 0 unspecified atom stereocenters. The van der Waals surface area contributed by atoms with Crippen LogP contribution in [0.3, 0.4) is 0 Å². The highest BCUT2D eigenvalue weighted by Gasteiger charge is 2.29. The van der Waals surface area contributed by atoms with Gasteiger partial charge in [0, 0.05) is 25.1 Å². The normalized spacial score (nSPS) is 21.4. The molecule has 0 fully saturated rings. The maximum atomic E-state index is 13.4. The summed E-state index contributed by atoms with van der Waals surface area (Å²) in [6, 6.07) is 6.68. The van der Waals surface area contributed by atoms with Crippen LogP contribution < -0.4 is 21.3 Å². The number of nitrogens with one attached hydrogen (secondary N) is 4. The number of carbonyl (C=O) groups excluding carboxylic acids is 5. The Morgan fingerprint density at radius 3 is 2.37 bits per heavy atom. The number of aliphatic hydroxyl groups excluding tert-OH is 1. The molecule has 3 rings (SSSR count). The van der Waals surface area contributed by atoms with Crippen molar-refractivity contribution in [3.05, 3.63) is 36.2 Å². The van der Waals surface area contributed by atoms with E-state index in [2.05, 4.69) is 31.3 Å². The summed E-state index contributed by atoms with van der Waals surface area (Å²) >= 11 is 0. The Bertz CT molecular complexity index is 1280. The van der Waals surface area contributed by atoms with E-state index in [9.17, 15) is 29.1 Å². The number of fused-ring (bicyclic) bond motifs is 1. The van der Waals surface area contributed by atoms with Crippen LogP contribution in [-0.4, -0.2) is 92.6 Å². The zero-order valence-corrected chi connectivity index (χ0v) is 25.1. The van der Waals surface area contributed by atoms with Gasteiger partial charge in [-0.1, -0.05) is 44.2 Å². The molecule has 0 aliphatic carbocycles. The third-order valence-electron chi connectivity index (χ3n) is 6.82. The molecule has 43 heavy (non-hydrogen) atoms. The van der Waals surface area contributed by atoms with Crippen molar-refractivity contribution in [3.8, 4) is 11.4 Å². The minimum Gasteiger partial charge on any atom is -0.396 e. The van der Waals surface area contributed by atoms with Crippen molar-refractivity contribution in [2.24, 2.45) is 5.92 Å². The first-order valence-corrected chi connectivity index (χ1v) is 14.5. The second kappa shape index (κ2) is 15.8. The van der Waals surface area contributed by atoms with Gasteiger partial charge in [0.1, 0.15) is 24.5 Å². The summed E-state index contributed by atoms with van der Waals surface area (Å²) in [5, 5.41) is 24.8. The minimum absolute atomic E-state index is 0.0565. The number of hydrogen-bond acceptors (Lipinski definition) is 8. The largest absolute Gasteiger partial charge is 0.396 e. The molecule has 1 aromatic heterocycles. The fraction of sp³-hybridized carbons (Fsp3) is 0.552.